The van der Waals surface area contributed by atoms with Crippen molar-refractivity contribution in [1.29, 1.82) is 0 Å². The van der Waals surface area contributed by atoms with E-state index < -0.39 is 0 Å². The van der Waals surface area contributed by atoms with Gasteiger partial charge < -0.3 is 14.3 Å². The van der Waals surface area contributed by atoms with Crippen molar-refractivity contribution in [3.05, 3.63) is 71.0 Å². The summed E-state index contributed by atoms with van der Waals surface area (Å²) in [5.41, 5.74) is 3.13. The van der Waals surface area contributed by atoms with E-state index in [-0.39, 0.29) is 18.2 Å². The third-order valence-corrected chi connectivity index (χ3v) is 5.23. The molecule has 1 amide bonds. The topological polar surface area (TPSA) is 94.1 Å². The van der Waals surface area contributed by atoms with E-state index >= 15 is 0 Å². The molecule has 0 bridgehead atoms. The molecule has 4 aromatic rings. The van der Waals surface area contributed by atoms with Crippen LogP contribution in [0.2, 0.25) is 5.02 Å². The molecule has 0 spiro atoms. The van der Waals surface area contributed by atoms with E-state index in [0.29, 0.717) is 46.1 Å². The molecule has 0 saturated heterocycles. The lowest BCUT2D eigenvalue weighted by atomic mass is 10.1. The zero-order valence-electron chi connectivity index (χ0n) is 18.1. The number of nitrogens with zero attached hydrogens (tertiary/aromatic N) is 3. The average Bonchev–Trinajstić information content (AvgIpc) is 3.44. The summed E-state index contributed by atoms with van der Waals surface area (Å²) >= 11 is 5.93. The number of para-hydroxylation sites is 1. The van der Waals surface area contributed by atoms with Crippen LogP contribution in [-0.4, -0.2) is 21.0 Å². The first-order valence-corrected chi connectivity index (χ1v) is 10.7. The minimum absolute atomic E-state index is 0.147. The van der Waals surface area contributed by atoms with Crippen molar-refractivity contribution in [2.75, 3.05) is 5.32 Å². The number of anilines is 1. The van der Waals surface area contributed by atoms with Crippen LogP contribution in [0.3, 0.4) is 0 Å². The Morgan fingerprint density at radius 1 is 1.16 bits per heavy atom. The van der Waals surface area contributed by atoms with Crippen molar-refractivity contribution in [2.24, 2.45) is 0 Å². The van der Waals surface area contributed by atoms with E-state index in [0.717, 1.165) is 11.1 Å². The van der Waals surface area contributed by atoms with Gasteiger partial charge in [0.25, 0.3) is 5.89 Å². The zero-order chi connectivity index (χ0) is 22.7. The molecule has 0 aliphatic carbocycles. The molecular weight excluding hydrogens is 428 g/mol. The monoisotopic (exact) mass is 450 g/mol. The van der Waals surface area contributed by atoms with Gasteiger partial charge >= 0.3 is 0 Å². The van der Waals surface area contributed by atoms with Gasteiger partial charge in [0.15, 0.2) is 17.5 Å². The van der Waals surface area contributed by atoms with Gasteiger partial charge in [-0.05, 0) is 42.8 Å². The Morgan fingerprint density at radius 2 is 1.94 bits per heavy atom. The number of halogens is 1. The van der Waals surface area contributed by atoms with E-state index in [4.69, 9.17) is 20.5 Å². The summed E-state index contributed by atoms with van der Waals surface area (Å²) < 4.78 is 11.2. The Balaban J connectivity index is 1.44. The van der Waals surface area contributed by atoms with Crippen LogP contribution in [-0.2, 0) is 11.2 Å². The normalized spacial score (nSPS) is 11.2. The second-order valence-corrected chi connectivity index (χ2v) is 8.22. The molecule has 1 N–H and O–H groups in total. The quantitative estimate of drug-likeness (QED) is 0.368. The summed E-state index contributed by atoms with van der Waals surface area (Å²) in [7, 11) is 0. The molecule has 2 aromatic heterocycles. The molecule has 8 heteroatoms. The van der Waals surface area contributed by atoms with Crippen molar-refractivity contribution >= 4 is 23.2 Å². The Morgan fingerprint density at radius 3 is 2.66 bits per heavy atom. The van der Waals surface area contributed by atoms with Gasteiger partial charge in [0.2, 0.25) is 5.91 Å². The molecule has 0 saturated carbocycles. The number of carbonyl (C=O) groups excluding carboxylic acids is 1. The summed E-state index contributed by atoms with van der Waals surface area (Å²) in [6.07, 6.45) is 2.24. The first kappa shape index (κ1) is 21.8. The minimum atomic E-state index is -0.157. The third kappa shape index (κ3) is 4.89. The van der Waals surface area contributed by atoms with Crippen molar-refractivity contribution in [2.45, 2.75) is 39.5 Å². The number of hydrogen-bond donors (Lipinski definition) is 1. The Labute approximate surface area is 190 Å². The molecule has 164 valence electrons. The summed E-state index contributed by atoms with van der Waals surface area (Å²) in [5.74, 6) is 2.13. The molecule has 4 rings (SSSR count). The van der Waals surface area contributed by atoms with Crippen LogP contribution < -0.4 is 5.32 Å². The molecule has 0 aliphatic rings. The first-order chi connectivity index (χ1) is 15.4. The second-order valence-electron chi connectivity index (χ2n) is 7.78. The van der Waals surface area contributed by atoms with Crippen LogP contribution in [0.15, 0.2) is 57.6 Å². The van der Waals surface area contributed by atoms with Gasteiger partial charge in [-0.25, -0.2) is 4.98 Å². The van der Waals surface area contributed by atoms with Gasteiger partial charge in [0.05, 0.1) is 17.4 Å². The van der Waals surface area contributed by atoms with Gasteiger partial charge in [0.1, 0.15) is 0 Å². The van der Waals surface area contributed by atoms with Crippen molar-refractivity contribution in [3.8, 4) is 22.8 Å². The number of hydrogen-bond acceptors (Lipinski definition) is 6. The highest BCUT2D eigenvalue weighted by Crippen LogP contribution is 2.31. The molecule has 2 aromatic carbocycles. The van der Waals surface area contributed by atoms with E-state index in [1.54, 1.807) is 18.3 Å². The summed E-state index contributed by atoms with van der Waals surface area (Å²) in [5, 5.41) is 7.66. The van der Waals surface area contributed by atoms with E-state index in [1.807, 2.05) is 51.1 Å². The predicted molar refractivity (Wildman–Crippen MR) is 122 cm³/mol. The van der Waals surface area contributed by atoms with Crippen LogP contribution in [0.5, 0.6) is 0 Å². The molecule has 7 nitrogen and oxygen atoms in total. The Kier molecular flexibility index (Phi) is 6.37. The maximum absolute atomic E-state index is 12.7. The average molecular weight is 451 g/mol. The number of benzene rings is 2. The highest BCUT2D eigenvalue weighted by atomic mass is 35.5. The molecule has 0 aliphatic heterocycles. The number of rotatable bonds is 7. The molecule has 0 radical (unpaired) electrons. The van der Waals surface area contributed by atoms with Crippen molar-refractivity contribution < 1.29 is 13.7 Å². The second kappa shape index (κ2) is 9.36. The molecule has 0 fully saturated rings. The van der Waals surface area contributed by atoms with E-state index in [1.165, 1.54) is 0 Å². The number of aromatic nitrogens is 3. The van der Waals surface area contributed by atoms with E-state index in [9.17, 15) is 4.79 Å². The van der Waals surface area contributed by atoms with Crippen LogP contribution in [0.4, 0.5) is 5.69 Å². The summed E-state index contributed by atoms with van der Waals surface area (Å²) in [6.45, 7) is 5.91. The van der Waals surface area contributed by atoms with Gasteiger partial charge in [-0.1, -0.05) is 42.7 Å². The largest absolute Gasteiger partial charge is 0.441 e. The van der Waals surface area contributed by atoms with Crippen LogP contribution in [0.1, 0.15) is 43.5 Å². The molecule has 0 atom stereocenters. The predicted octanol–water partition coefficient (Wildman–Crippen LogP) is 6.05. The lowest BCUT2D eigenvalue weighted by Crippen LogP contribution is -2.14. The molecule has 0 unspecified atom stereocenters. The maximum Gasteiger partial charge on any atom is 0.260 e. The third-order valence-electron chi connectivity index (χ3n) is 4.97. The zero-order valence-corrected chi connectivity index (χ0v) is 18.8. The van der Waals surface area contributed by atoms with Crippen LogP contribution in [0, 0.1) is 6.92 Å². The number of amides is 1. The fourth-order valence-corrected chi connectivity index (χ4v) is 3.31. The number of carbonyl (C=O) groups is 1. The van der Waals surface area contributed by atoms with Crippen LogP contribution in [0.25, 0.3) is 22.8 Å². The molecular formula is C24H23ClN4O3. The number of aryl methyl sites for hydroxylation is 2. The fourth-order valence-electron chi connectivity index (χ4n) is 3.19. The molecule has 32 heavy (non-hydrogen) atoms. The summed E-state index contributed by atoms with van der Waals surface area (Å²) in [6, 6.07) is 13.0. The number of oxazole rings is 1. The Bertz CT molecular complexity index is 1230. The summed E-state index contributed by atoms with van der Waals surface area (Å²) in [4.78, 5) is 21.4. The van der Waals surface area contributed by atoms with E-state index in [2.05, 4.69) is 20.4 Å². The van der Waals surface area contributed by atoms with Crippen LogP contribution >= 0.6 is 11.6 Å². The van der Waals surface area contributed by atoms with Gasteiger partial charge in [-0.15, -0.1) is 0 Å². The van der Waals surface area contributed by atoms with Gasteiger partial charge in [0, 0.05) is 29.3 Å². The van der Waals surface area contributed by atoms with Crippen molar-refractivity contribution in [3.63, 3.8) is 0 Å². The fraction of sp³-hybridized carbons (Fsp3) is 0.250. The smallest absolute Gasteiger partial charge is 0.260 e. The lowest BCUT2D eigenvalue weighted by Gasteiger charge is -2.11. The maximum atomic E-state index is 12.7. The lowest BCUT2D eigenvalue weighted by molar-refractivity contribution is -0.116. The first-order valence-electron chi connectivity index (χ1n) is 10.3. The highest BCUT2D eigenvalue weighted by Gasteiger charge is 2.18. The standard InChI is InChI=1S/C24H23ClN4O3/c1-14(2)23-28-24(32-29-23)18-6-4-5-15(3)22(18)27-20(30)11-12-21-26-13-19(31-21)16-7-9-17(25)10-8-16/h4-10,13-14H,11-12H2,1-3H3,(H,27,30). The Hall–Kier alpha value is -3.45. The van der Waals surface area contributed by atoms with Gasteiger partial charge in [-0.3, -0.25) is 4.79 Å². The van der Waals surface area contributed by atoms with Gasteiger partial charge in [-0.2, -0.15) is 4.98 Å². The minimum Gasteiger partial charge on any atom is -0.441 e. The molecule has 2 heterocycles. The van der Waals surface area contributed by atoms with Crippen molar-refractivity contribution in [1.82, 2.24) is 15.1 Å². The SMILES string of the molecule is Cc1cccc(-c2nc(C(C)C)no2)c1NC(=O)CCc1ncc(-c2ccc(Cl)cc2)o1. The number of nitrogens with one attached hydrogen (secondary N) is 1. The highest BCUT2D eigenvalue weighted by molar-refractivity contribution is 6.30.